The molecule has 0 aliphatic carbocycles. The van der Waals surface area contributed by atoms with Gasteiger partial charge in [0, 0.05) is 18.4 Å². The molecule has 2 aromatic rings. The SMILES string of the molecule is CCc1nc(CC)n(Cc2ccc(C(=N)N)cc2)n1. The van der Waals surface area contributed by atoms with Gasteiger partial charge in [-0.05, 0) is 5.56 Å². The van der Waals surface area contributed by atoms with Crippen LogP contribution in [0.3, 0.4) is 0 Å². The molecular formula is C14H19N5. The molecule has 0 radical (unpaired) electrons. The minimum atomic E-state index is 0.0924. The van der Waals surface area contributed by atoms with Gasteiger partial charge in [0.2, 0.25) is 0 Å². The van der Waals surface area contributed by atoms with Crippen molar-refractivity contribution in [3.63, 3.8) is 0 Å². The summed E-state index contributed by atoms with van der Waals surface area (Å²) in [6.07, 6.45) is 1.72. The molecule has 0 unspecified atom stereocenters. The number of nitrogens with zero attached hydrogens (tertiary/aromatic N) is 3. The summed E-state index contributed by atoms with van der Waals surface area (Å²) in [5.41, 5.74) is 7.31. The minimum absolute atomic E-state index is 0.0924. The van der Waals surface area contributed by atoms with E-state index in [1.807, 2.05) is 28.9 Å². The number of nitrogens with two attached hydrogens (primary N) is 1. The van der Waals surface area contributed by atoms with Crippen molar-refractivity contribution in [2.24, 2.45) is 5.73 Å². The summed E-state index contributed by atoms with van der Waals surface area (Å²) >= 11 is 0. The van der Waals surface area contributed by atoms with Crippen molar-refractivity contribution >= 4 is 5.84 Å². The smallest absolute Gasteiger partial charge is 0.150 e. The Bertz CT molecular complexity index is 568. The highest BCUT2D eigenvalue weighted by molar-refractivity contribution is 5.94. The van der Waals surface area contributed by atoms with Gasteiger partial charge in [-0.2, -0.15) is 5.10 Å². The fourth-order valence-electron chi connectivity index (χ4n) is 1.93. The van der Waals surface area contributed by atoms with E-state index in [1.54, 1.807) is 0 Å². The number of aryl methyl sites for hydroxylation is 2. The summed E-state index contributed by atoms with van der Waals surface area (Å²) in [6, 6.07) is 7.68. The van der Waals surface area contributed by atoms with Crippen LogP contribution in [0, 0.1) is 5.41 Å². The van der Waals surface area contributed by atoms with E-state index in [0.717, 1.165) is 35.6 Å². The zero-order valence-electron chi connectivity index (χ0n) is 11.3. The minimum Gasteiger partial charge on any atom is -0.384 e. The predicted octanol–water partition coefficient (Wildman–Crippen LogP) is 1.74. The van der Waals surface area contributed by atoms with E-state index in [-0.39, 0.29) is 5.84 Å². The standard InChI is InChI=1S/C14H19N5/c1-3-12-17-13(4-2)19(18-12)9-10-5-7-11(8-6-10)14(15)16/h5-8H,3-4,9H2,1-2H3,(H3,15,16). The summed E-state index contributed by atoms with van der Waals surface area (Å²) < 4.78 is 1.95. The maximum absolute atomic E-state index is 7.37. The number of amidine groups is 1. The van der Waals surface area contributed by atoms with Gasteiger partial charge in [-0.3, -0.25) is 5.41 Å². The first kappa shape index (κ1) is 13.3. The number of nitrogen functional groups attached to an aromatic ring is 1. The molecule has 1 heterocycles. The highest BCUT2D eigenvalue weighted by Gasteiger charge is 2.07. The Balaban J connectivity index is 2.20. The molecule has 0 aliphatic heterocycles. The lowest BCUT2D eigenvalue weighted by Crippen LogP contribution is -2.11. The Morgan fingerprint density at radius 3 is 2.42 bits per heavy atom. The third-order valence-corrected chi connectivity index (χ3v) is 3.02. The van der Waals surface area contributed by atoms with Crippen LogP contribution in [-0.2, 0) is 19.4 Å². The fourth-order valence-corrected chi connectivity index (χ4v) is 1.93. The number of nitrogens with one attached hydrogen (secondary N) is 1. The molecule has 3 N–H and O–H groups in total. The van der Waals surface area contributed by atoms with E-state index in [2.05, 4.69) is 23.9 Å². The van der Waals surface area contributed by atoms with Crippen molar-refractivity contribution in [1.82, 2.24) is 14.8 Å². The molecule has 0 fully saturated rings. The second-order valence-electron chi connectivity index (χ2n) is 4.42. The number of rotatable bonds is 5. The molecule has 0 amide bonds. The normalized spacial score (nSPS) is 10.6. The highest BCUT2D eigenvalue weighted by Crippen LogP contribution is 2.08. The molecule has 0 bridgehead atoms. The van der Waals surface area contributed by atoms with Crippen LogP contribution in [0.25, 0.3) is 0 Å². The van der Waals surface area contributed by atoms with Crippen molar-refractivity contribution < 1.29 is 0 Å². The Hall–Kier alpha value is -2.17. The summed E-state index contributed by atoms with van der Waals surface area (Å²) in [7, 11) is 0. The number of hydrogen-bond acceptors (Lipinski definition) is 3. The van der Waals surface area contributed by atoms with E-state index in [9.17, 15) is 0 Å². The van der Waals surface area contributed by atoms with Gasteiger partial charge in [0.25, 0.3) is 0 Å². The van der Waals surface area contributed by atoms with Crippen LogP contribution in [0.2, 0.25) is 0 Å². The van der Waals surface area contributed by atoms with Gasteiger partial charge in [-0.15, -0.1) is 0 Å². The molecule has 19 heavy (non-hydrogen) atoms. The maximum atomic E-state index is 7.37. The zero-order valence-corrected chi connectivity index (χ0v) is 11.3. The third kappa shape index (κ3) is 2.99. The predicted molar refractivity (Wildman–Crippen MR) is 75.3 cm³/mol. The zero-order chi connectivity index (χ0) is 13.8. The van der Waals surface area contributed by atoms with Crippen LogP contribution in [-0.4, -0.2) is 20.6 Å². The van der Waals surface area contributed by atoms with Gasteiger partial charge < -0.3 is 5.73 Å². The monoisotopic (exact) mass is 257 g/mol. The molecule has 0 spiro atoms. The average molecular weight is 257 g/mol. The second-order valence-corrected chi connectivity index (χ2v) is 4.42. The Kier molecular flexibility index (Phi) is 3.94. The Morgan fingerprint density at radius 1 is 1.21 bits per heavy atom. The average Bonchev–Trinajstić information content (AvgIpc) is 2.81. The van der Waals surface area contributed by atoms with E-state index in [4.69, 9.17) is 11.1 Å². The lowest BCUT2D eigenvalue weighted by molar-refractivity contribution is 0.637. The fraction of sp³-hybridized carbons (Fsp3) is 0.357. The van der Waals surface area contributed by atoms with Gasteiger partial charge in [0.05, 0.1) is 6.54 Å². The van der Waals surface area contributed by atoms with Crippen LogP contribution in [0.1, 0.15) is 36.6 Å². The molecule has 0 saturated carbocycles. The first-order chi connectivity index (χ1) is 9.13. The molecule has 100 valence electrons. The van der Waals surface area contributed by atoms with Crippen molar-refractivity contribution in [3.8, 4) is 0 Å². The molecule has 0 saturated heterocycles. The summed E-state index contributed by atoms with van der Waals surface area (Å²) in [6.45, 7) is 4.84. The highest BCUT2D eigenvalue weighted by atomic mass is 15.3. The Labute approximate surface area is 113 Å². The molecule has 5 nitrogen and oxygen atoms in total. The van der Waals surface area contributed by atoms with E-state index in [1.165, 1.54) is 0 Å². The molecule has 1 aromatic carbocycles. The third-order valence-electron chi connectivity index (χ3n) is 3.02. The molecule has 2 rings (SSSR count). The van der Waals surface area contributed by atoms with Gasteiger partial charge in [0.1, 0.15) is 11.7 Å². The van der Waals surface area contributed by atoms with Gasteiger partial charge >= 0.3 is 0 Å². The second kappa shape index (κ2) is 5.65. The van der Waals surface area contributed by atoms with Crippen molar-refractivity contribution in [1.29, 1.82) is 5.41 Å². The maximum Gasteiger partial charge on any atom is 0.150 e. The van der Waals surface area contributed by atoms with Crippen molar-refractivity contribution in [3.05, 3.63) is 47.0 Å². The molecule has 5 heteroatoms. The van der Waals surface area contributed by atoms with E-state index >= 15 is 0 Å². The molecular weight excluding hydrogens is 238 g/mol. The van der Waals surface area contributed by atoms with E-state index in [0.29, 0.717) is 6.54 Å². The van der Waals surface area contributed by atoms with Gasteiger partial charge in [0.15, 0.2) is 5.82 Å². The topological polar surface area (TPSA) is 80.6 Å². The van der Waals surface area contributed by atoms with Crippen LogP contribution < -0.4 is 5.73 Å². The number of hydrogen-bond donors (Lipinski definition) is 2. The van der Waals surface area contributed by atoms with Gasteiger partial charge in [-0.25, -0.2) is 9.67 Å². The lowest BCUT2D eigenvalue weighted by atomic mass is 10.1. The first-order valence-corrected chi connectivity index (χ1v) is 6.50. The Morgan fingerprint density at radius 2 is 1.89 bits per heavy atom. The first-order valence-electron chi connectivity index (χ1n) is 6.50. The quantitative estimate of drug-likeness (QED) is 0.632. The number of aromatic nitrogens is 3. The summed E-state index contributed by atoms with van der Waals surface area (Å²) in [5, 5.41) is 11.9. The molecule has 0 atom stereocenters. The van der Waals surface area contributed by atoms with Crippen molar-refractivity contribution in [2.45, 2.75) is 33.2 Å². The van der Waals surface area contributed by atoms with Crippen LogP contribution in [0.5, 0.6) is 0 Å². The lowest BCUT2D eigenvalue weighted by Gasteiger charge is -2.05. The van der Waals surface area contributed by atoms with Crippen LogP contribution >= 0.6 is 0 Å². The van der Waals surface area contributed by atoms with Gasteiger partial charge in [-0.1, -0.05) is 38.1 Å². The molecule has 0 aliphatic rings. The largest absolute Gasteiger partial charge is 0.384 e. The summed E-state index contributed by atoms with van der Waals surface area (Å²) in [5.74, 6) is 1.99. The van der Waals surface area contributed by atoms with Crippen LogP contribution in [0.15, 0.2) is 24.3 Å². The number of benzene rings is 1. The van der Waals surface area contributed by atoms with E-state index < -0.39 is 0 Å². The van der Waals surface area contributed by atoms with Crippen LogP contribution in [0.4, 0.5) is 0 Å². The molecule has 1 aromatic heterocycles. The summed E-state index contributed by atoms with van der Waals surface area (Å²) in [4.78, 5) is 4.49. The van der Waals surface area contributed by atoms with Crippen molar-refractivity contribution in [2.75, 3.05) is 0 Å².